The Bertz CT molecular complexity index is 248. The quantitative estimate of drug-likeness (QED) is 0.821. The van der Waals surface area contributed by atoms with Gasteiger partial charge >= 0.3 is 0 Å². The van der Waals surface area contributed by atoms with E-state index in [2.05, 4.69) is 23.3 Å². The Balaban J connectivity index is -0.000000224. The number of methoxy groups -OCH3 is 2. The summed E-state index contributed by atoms with van der Waals surface area (Å²) in [5.41, 5.74) is 0. The molecule has 0 heterocycles. The lowest BCUT2D eigenvalue weighted by Crippen LogP contribution is -1.79. The van der Waals surface area contributed by atoms with Crippen LogP contribution in [0.3, 0.4) is 0 Å². The molecular formula is C19H32O4. The maximum absolute atomic E-state index is 7.65. The number of aliphatic hydroxyl groups excluding tert-OH is 2. The Kier molecular flexibility index (Phi) is 36.8. The summed E-state index contributed by atoms with van der Waals surface area (Å²) in [7, 11) is 2.86. The maximum Gasteiger partial charge on any atom is 0.143 e. The van der Waals surface area contributed by atoms with Crippen LogP contribution in [0.1, 0.15) is 20.3 Å². The first-order chi connectivity index (χ1) is 11.2. The van der Waals surface area contributed by atoms with Crippen molar-refractivity contribution in [1.29, 1.82) is 0 Å². The average molecular weight is 324 g/mol. The summed E-state index contributed by atoms with van der Waals surface area (Å²) in [4.78, 5) is 0. The standard InChI is InChI=1S/2C6H6.C3H8.2C2H6O2/c2*1-2-4-6-5-3-1;1-3-2;2*1-4-2-3/h2*1-6H;3H2,1-2H3;2*3H,2H2,1H3. The van der Waals surface area contributed by atoms with Gasteiger partial charge in [-0.3, -0.25) is 0 Å². The summed E-state index contributed by atoms with van der Waals surface area (Å²) in [6.45, 7) is 3.89. The van der Waals surface area contributed by atoms with E-state index in [0.717, 1.165) is 0 Å². The van der Waals surface area contributed by atoms with E-state index >= 15 is 0 Å². The Morgan fingerprint density at radius 2 is 0.609 bits per heavy atom. The molecule has 0 unspecified atom stereocenters. The van der Waals surface area contributed by atoms with Crippen LogP contribution in [0.4, 0.5) is 0 Å². The Morgan fingerprint density at radius 1 is 0.522 bits per heavy atom. The van der Waals surface area contributed by atoms with Crippen molar-refractivity contribution in [2.75, 3.05) is 27.8 Å². The van der Waals surface area contributed by atoms with Gasteiger partial charge in [0.15, 0.2) is 0 Å². The molecule has 23 heavy (non-hydrogen) atoms. The molecule has 0 aliphatic heterocycles. The molecule has 0 aliphatic carbocycles. The average Bonchev–Trinajstić information content (AvgIpc) is 2.66. The molecule has 0 radical (unpaired) electrons. The molecule has 2 aromatic carbocycles. The highest BCUT2D eigenvalue weighted by molar-refractivity contribution is 4.99. The van der Waals surface area contributed by atoms with Crippen molar-refractivity contribution >= 4 is 0 Å². The monoisotopic (exact) mass is 324 g/mol. The second-order valence-electron chi connectivity index (χ2n) is 3.85. The van der Waals surface area contributed by atoms with Crippen LogP contribution in [0.5, 0.6) is 0 Å². The van der Waals surface area contributed by atoms with Gasteiger partial charge in [0.25, 0.3) is 0 Å². The van der Waals surface area contributed by atoms with Crippen LogP contribution in [-0.2, 0) is 9.47 Å². The number of ether oxygens (including phenoxy) is 2. The van der Waals surface area contributed by atoms with Gasteiger partial charge in [-0.15, -0.1) is 0 Å². The molecule has 4 heteroatoms. The SMILES string of the molecule is CCC.COCO.COCO.c1ccccc1.c1ccccc1. The van der Waals surface area contributed by atoms with E-state index < -0.39 is 0 Å². The molecule has 0 aliphatic rings. The minimum atomic E-state index is -0.181. The molecule has 0 spiro atoms. The van der Waals surface area contributed by atoms with E-state index in [0.29, 0.717) is 0 Å². The minimum absolute atomic E-state index is 0.181. The molecular weight excluding hydrogens is 292 g/mol. The van der Waals surface area contributed by atoms with Crippen molar-refractivity contribution in [3.05, 3.63) is 72.8 Å². The molecule has 2 N–H and O–H groups in total. The maximum atomic E-state index is 7.65. The third kappa shape index (κ3) is 44.9. The fraction of sp³-hybridized carbons (Fsp3) is 0.368. The van der Waals surface area contributed by atoms with Crippen LogP contribution in [0.15, 0.2) is 72.8 Å². The van der Waals surface area contributed by atoms with Crippen molar-refractivity contribution in [3.63, 3.8) is 0 Å². The molecule has 0 bridgehead atoms. The highest BCUT2D eigenvalue weighted by atomic mass is 16.6. The first-order valence-corrected chi connectivity index (χ1v) is 7.44. The third-order valence-electron chi connectivity index (χ3n) is 1.59. The molecule has 0 saturated heterocycles. The fourth-order valence-corrected chi connectivity index (χ4v) is 0.770. The molecule has 0 aromatic heterocycles. The van der Waals surface area contributed by atoms with Gasteiger partial charge in [-0.2, -0.15) is 0 Å². The molecule has 2 aromatic rings. The summed E-state index contributed by atoms with van der Waals surface area (Å²) in [6.07, 6.45) is 1.25. The van der Waals surface area contributed by atoms with Gasteiger partial charge in [0.2, 0.25) is 0 Å². The minimum Gasteiger partial charge on any atom is -0.371 e. The van der Waals surface area contributed by atoms with Gasteiger partial charge in [0.1, 0.15) is 13.6 Å². The number of hydrogen-bond acceptors (Lipinski definition) is 4. The number of benzene rings is 2. The Morgan fingerprint density at radius 3 is 0.652 bits per heavy atom. The molecule has 0 atom stereocenters. The molecule has 132 valence electrons. The van der Waals surface area contributed by atoms with Crippen molar-refractivity contribution in [3.8, 4) is 0 Å². The van der Waals surface area contributed by atoms with Crippen molar-refractivity contribution in [2.45, 2.75) is 20.3 Å². The van der Waals surface area contributed by atoms with Crippen molar-refractivity contribution < 1.29 is 19.7 Å². The number of rotatable bonds is 2. The molecule has 0 saturated carbocycles. The fourth-order valence-electron chi connectivity index (χ4n) is 0.770. The van der Waals surface area contributed by atoms with E-state index in [1.807, 2.05) is 72.8 Å². The summed E-state index contributed by atoms with van der Waals surface area (Å²) in [5.74, 6) is 0. The smallest absolute Gasteiger partial charge is 0.143 e. The lowest BCUT2D eigenvalue weighted by Gasteiger charge is -1.76. The zero-order valence-corrected chi connectivity index (χ0v) is 14.8. The van der Waals surface area contributed by atoms with Crippen LogP contribution in [0, 0.1) is 0 Å². The Labute approximate surface area is 141 Å². The van der Waals surface area contributed by atoms with Crippen molar-refractivity contribution in [1.82, 2.24) is 0 Å². The van der Waals surface area contributed by atoms with Gasteiger partial charge in [0, 0.05) is 14.2 Å². The van der Waals surface area contributed by atoms with Crippen LogP contribution in [-0.4, -0.2) is 38.0 Å². The molecule has 0 fully saturated rings. The first kappa shape index (κ1) is 26.2. The zero-order chi connectivity index (χ0) is 18.0. The van der Waals surface area contributed by atoms with Gasteiger partial charge in [0.05, 0.1) is 0 Å². The molecule has 4 nitrogen and oxygen atoms in total. The molecule has 0 amide bonds. The highest BCUT2D eigenvalue weighted by Crippen LogP contribution is 1.80. The largest absolute Gasteiger partial charge is 0.371 e. The second-order valence-corrected chi connectivity index (χ2v) is 3.85. The zero-order valence-electron chi connectivity index (χ0n) is 14.8. The predicted molar refractivity (Wildman–Crippen MR) is 97.0 cm³/mol. The first-order valence-electron chi connectivity index (χ1n) is 7.44. The van der Waals surface area contributed by atoms with E-state index in [4.69, 9.17) is 10.2 Å². The van der Waals surface area contributed by atoms with Crippen LogP contribution < -0.4 is 0 Å². The van der Waals surface area contributed by atoms with E-state index in [-0.39, 0.29) is 13.6 Å². The normalized spacial score (nSPS) is 7.57. The summed E-state index contributed by atoms with van der Waals surface area (Å²) < 4.78 is 8.19. The second kappa shape index (κ2) is 32.3. The third-order valence-corrected chi connectivity index (χ3v) is 1.59. The van der Waals surface area contributed by atoms with Crippen LogP contribution in [0.2, 0.25) is 0 Å². The Hall–Kier alpha value is -1.72. The van der Waals surface area contributed by atoms with E-state index in [9.17, 15) is 0 Å². The lowest BCUT2D eigenvalue weighted by atomic mass is 10.4. The van der Waals surface area contributed by atoms with Crippen molar-refractivity contribution in [2.24, 2.45) is 0 Å². The number of aliphatic hydroxyl groups is 2. The summed E-state index contributed by atoms with van der Waals surface area (Å²) in [5, 5.41) is 15.3. The summed E-state index contributed by atoms with van der Waals surface area (Å²) in [6, 6.07) is 24.0. The lowest BCUT2D eigenvalue weighted by molar-refractivity contribution is 0.0322. The van der Waals surface area contributed by atoms with Gasteiger partial charge in [-0.05, 0) is 0 Å². The van der Waals surface area contributed by atoms with Crippen LogP contribution in [0.25, 0.3) is 0 Å². The predicted octanol–water partition coefficient (Wildman–Crippen LogP) is 3.95. The highest BCUT2D eigenvalue weighted by Gasteiger charge is 1.58. The van der Waals surface area contributed by atoms with Crippen LogP contribution >= 0.6 is 0 Å². The van der Waals surface area contributed by atoms with Gasteiger partial charge in [-0.25, -0.2) is 0 Å². The summed E-state index contributed by atoms with van der Waals surface area (Å²) >= 11 is 0. The van der Waals surface area contributed by atoms with Gasteiger partial charge in [-0.1, -0.05) is 93.1 Å². The van der Waals surface area contributed by atoms with E-state index in [1.54, 1.807) is 0 Å². The topological polar surface area (TPSA) is 58.9 Å². The number of hydrogen-bond donors (Lipinski definition) is 2. The molecule has 2 rings (SSSR count). The van der Waals surface area contributed by atoms with Gasteiger partial charge < -0.3 is 19.7 Å². The van der Waals surface area contributed by atoms with E-state index in [1.165, 1.54) is 20.6 Å².